The van der Waals surface area contributed by atoms with Crippen LogP contribution in [0.25, 0.3) is 16.3 Å². The molecule has 0 atom stereocenters. The topological polar surface area (TPSA) is 60.9 Å². The number of aliphatic hydroxyl groups excluding tert-OH is 1. The van der Waals surface area contributed by atoms with E-state index in [1.807, 2.05) is 66.7 Å². The number of imide groups is 1. The van der Waals surface area contributed by atoms with Gasteiger partial charge >= 0.3 is 0 Å². The lowest BCUT2D eigenvalue weighted by Crippen LogP contribution is -2.35. The van der Waals surface area contributed by atoms with Crippen molar-refractivity contribution in [3.05, 3.63) is 84.1 Å². The smallest absolute Gasteiger partial charge is 0.282 e. The maximum absolute atomic E-state index is 13.4. The summed E-state index contributed by atoms with van der Waals surface area (Å²) in [5.74, 6) is -0.733. The van der Waals surface area contributed by atoms with Gasteiger partial charge in [-0.15, -0.1) is 0 Å². The molecular weight excluding hydrogens is 352 g/mol. The van der Waals surface area contributed by atoms with Crippen molar-refractivity contribution in [1.29, 1.82) is 0 Å². The van der Waals surface area contributed by atoms with E-state index in [0.29, 0.717) is 22.5 Å². The van der Waals surface area contributed by atoms with Crippen molar-refractivity contribution in [2.45, 2.75) is 0 Å². The first kappa shape index (κ1) is 17.9. The van der Waals surface area contributed by atoms with Gasteiger partial charge in [-0.3, -0.25) is 9.59 Å². The zero-order chi connectivity index (χ0) is 19.7. The molecule has 140 valence electrons. The molecule has 0 radical (unpaired) electrons. The van der Waals surface area contributed by atoms with E-state index in [0.717, 1.165) is 10.8 Å². The minimum atomic E-state index is -0.379. The van der Waals surface area contributed by atoms with E-state index < -0.39 is 0 Å². The monoisotopic (exact) mass is 372 g/mol. The van der Waals surface area contributed by atoms with Crippen molar-refractivity contribution >= 4 is 33.8 Å². The molecule has 1 aliphatic rings. The van der Waals surface area contributed by atoms with E-state index >= 15 is 0 Å². The first-order valence-corrected chi connectivity index (χ1v) is 9.11. The zero-order valence-corrected chi connectivity index (χ0v) is 15.5. The second-order valence-corrected chi connectivity index (χ2v) is 6.68. The van der Waals surface area contributed by atoms with Crippen molar-refractivity contribution in [2.75, 3.05) is 25.1 Å². The zero-order valence-electron chi connectivity index (χ0n) is 15.5. The average molecular weight is 372 g/mol. The van der Waals surface area contributed by atoms with Crippen molar-refractivity contribution in [3.8, 4) is 0 Å². The Kier molecular flexibility index (Phi) is 4.67. The Hall–Kier alpha value is -3.44. The highest BCUT2D eigenvalue weighted by atomic mass is 16.3. The average Bonchev–Trinajstić information content (AvgIpc) is 2.98. The van der Waals surface area contributed by atoms with Crippen molar-refractivity contribution in [1.82, 2.24) is 4.90 Å². The van der Waals surface area contributed by atoms with E-state index in [9.17, 15) is 14.7 Å². The maximum Gasteiger partial charge on any atom is 0.282 e. The number of benzene rings is 3. The number of carbonyl (C=O) groups excluding carboxylic acids is 2. The van der Waals surface area contributed by atoms with Crippen LogP contribution in [0.5, 0.6) is 0 Å². The Morgan fingerprint density at radius 1 is 0.857 bits per heavy atom. The number of anilines is 1. The van der Waals surface area contributed by atoms with Gasteiger partial charge in [0.2, 0.25) is 0 Å². The molecule has 4 rings (SSSR count). The molecule has 0 spiro atoms. The van der Waals surface area contributed by atoms with Crippen LogP contribution in [0, 0.1) is 0 Å². The fraction of sp³-hybridized carbons (Fsp3) is 0.130. The molecule has 0 aliphatic carbocycles. The third kappa shape index (κ3) is 2.86. The summed E-state index contributed by atoms with van der Waals surface area (Å²) in [6.07, 6.45) is 0. The minimum absolute atomic E-state index is 0.113. The molecule has 5 heteroatoms. The van der Waals surface area contributed by atoms with E-state index in [1.165, 1.54) is 4.90 Å². The van der Waals surface area contributed by atoms with Crippen molar-refractivity contribution in [2.24, 2.45) is 0 Å². The Balaban J connectivity index is 1.89. The van der Waals surface area contributed by atoms with Crippen LogP contribution in [0.4, 0.5) is 5.69 Å². The number of likely N-dealkylation sites (N-methyl/N-ethyl adjacent to an activating group) is 1. The molecule has 0 fully saturated rings. The summed E-state index contributed by atoms with van der Waals surface area (Å²) in [5.41, 5.74) is 1.91. The van der Waals surface area contributed by atoms with Gasteiger partial charge in [-0.05, 0) is 17.0 Å². The van der Waals surface area contributed by atoms with Crippen LogP contribution in [-0.2, 0) is 9.59 Å². The van der Waals surface area contributed by atoms with Crippen LogP contribution in [0.3, 0.4) is 0 Å². The van der Waals surface area contributed by atoms with E-state index in [1.54, 1.807) is 18.0 Å². The number of amides is 2. The second kappa shape index (κ2) is 7.29. The summed E-state index contributed by atoms with van der Waals surface area (Å²) < 4.78 is 0. The quantitative estimate of drug-likeness (QED) is 0.700. The van der Waals surface area contributed by atoms with Gasteiger partial charge < -0.3 is 10.0 Å². The molecule has 3 aromatic carbocycles. The lowest BCUT2D eigenvalue weighted by Gasteiger charge is -2.21. The summed E-state index contributed by atoms with van der Waals surface area (Å²) in [4.78, 5) is 29.7. The lowest BCUT2D eigenvalue weighted by atomic mass is 10.0. The van der Waals surface area contributed by atoms with Crippen LogP contribution in [-0.4, -0.2) is 42.0 Å². The van der Waals surface area contributed by atoms with Crippen LogP contribution in [0.1, 0.15) is 5.56 Å². The Morgan fingerprint density at radius 3 is 2.29 bits per heavy atom. The number of hydrogen-bond donors (Lipinski definition) is 1. The molecule has 28 heavy (non-hydrogen) atoms. The minimum Gasteiger partial charge on any atom is -0.395 e. The normalized spacial score (nSPS) is 14.3. The number of hydrogen-bond acceptors (Lipinski definition) is 4. The van der Waals surface area contributed by atoms with Crippen LogP contribution in [0.2, 0.25) is 0 Å². The highest BCUT2D eigenvalue weighted by Gasteiger charge is 2.42. The molecule has 1 N–H and O–H groups in total. The summed E-state index contributed by atoms with van der Waals surface area (Å²) in [7, 11) is 1.71. The van der Waals surface area contributed by atoms with Crippen molar-refractivity contribution < 1.29 is 14.7 Å². The lowest BCUT2D eigenvalue weighted by molar-refractivity contribution is -0.120. The van der Waals surface area contributed by atoms with Gasteiger partial charge in [-0.1, -0.05) is 66.7 Å². The van der Waals surface area contributed by atoms with Gasteiger partial charge in [-0.25, -0.2) is 4.90 Å². The number of fused-ring (bicyclic) bond motifs is 1. The molecule has 1 aliphatic heterocycles. The Labute approximate surface area is 163 Å². The largest absolute Gasteiger partial charge is 0.395 e. The van der Waals surface area contributed by atoms with E-state index in [-0.39, 0.29) is 25.0 Å². The number of aliphatic hydroxyl groups is 1. The third-order valence-corrected chi connectivity index (χ3v) is 4.95. The summed E-state index contributed by atoms with van der Waals surface area (Å²) >= 11 is 0. The third-order valence-electron chi connectivity index (χ3n) is 4.95. The Morgan fingerprint density at radius 2 is 1.54 bits per heavy atom. The maximum atomic E-state index is 13.4. The van der Waals surface area contributed by atoms with E-state index in [4.69, 9.17) is 0 Å². The van der Waals surface area contributed by atoms with Gasteiger partial charge in [0.25, 0.3) is 11.8 Å². The SMILES string of the molecule is CN(CCO)C1=C(c2ccccc2)C(=O)N(c2cccc3ccccc23)C1=O. The van der Waals surface area contributed by atoms with Gasteiger partial charge in [0, 0.05) is 19.0 Å². The molecule has 1 heterocycles. The molecule has 0 saturated carbocycles. The van der Waals surface area contributed by atoms with Gasteiger partial charge in [-0.2, -0.15) is 0 Å². The summed E-state index contributed by atoms with van der Waals surface area (Å²) in [5, 5.41) is 11.2. The van der Waals surface area contributed by atoms with Gasteiger partial charge in [0.05, 0.1) is 17.9 Å². The Bertz CT molecular complexity index is 1080. The fourth-order valence-corrected chi connectivity index (χ4v) is 3.62. The standard InChI is InChI=1S/C23H20N2O3/c1-24(14-15-26)21-20(17-9-3-2-4-10-17)22(27)25(23(21)28)19-13-7-11-16-8-5-6-12-18(16)19/h2-13,26H,14-15H2,1H3. The van der Waals surface area contributed by atoms with Crippen molar-refractivity contribution in [3.63, 3.8) is 0 Å². The predicted octanol–water partition coefficient (Wildman–Crippen LogP) is 3.05. The highest BCUT2D eigenvalue weighted by Crippen LogP contribution is 2.37. The molecular formula is C23H20N2O3. The summed E-state index contributed by atoms with van der Waals surface area (Å²) in [6.45, 7) is 0.145. The van der Waals surface area contributed by atoms with Crippen LogP contribution in [0.15, 0.2) is 78.5 Å². The molecule has 2 amide bonds. The van der Waals surface area contributed by atoms with Gasteiger partial charge in [0.15, 0.2) is 0 Å². The van der Waals surface area contributed by atoms with Crippen LogP contribution >= 0.6 is 0 Å². The van der Waals surface area contributed by atoms with E-state index in [2.05, 4.69) is 0 Å². The number of carbonyl (C=O) groups is 2. The predicted molar refractivity (Wildman–Crippen MR) is 110 cm³/mol. The first-order valence-electron chi connectivity index (χ1n) is 9.11. The highest BCUT2D eigenvalue weighted by molar-refractivity contribution is 6.46. The number of rotatable bonds is 5. The molecule has 0 saturated heterocycles. The molecule has 0 aromatic heterocycles. The van der Waals surface area contributed by atoms with Crippen LogP contribution < -0.4 is 4.90 Å². The molecule has 5 nitrogen and oxygen atoms in total. The molecule has 3 aromatic rings. The molecule has 0 bridgehead atoms. The molecule has 0 unspecified atom stereocenters. The number of nitrogens with zero attached hydrogens (tertiary/aromatic N) is 2. The van der Waals surface area contributed by atoms with Gasteiger partial charge in [0.1, 0.15) is 5.70 Å². The fourth-order valence-electron chi connectivity index (χ4n) is 3.62. The second-order valence-electron chi connectivity index (χ2n) is 6.68. The first-order chi connectivity index (χ1) is 13.6. The summed E-state index contributed by atoms with van der Waals surface area (Å²) in [6, 6.07) is 22.4.